The zero-order valence-electron chi connectivity index (χ0n) is 16.6. The first kappa shape index (κ1) is 17.7. The van der Waals surface area contributed by atoms with Crippen LogP contribution in [0, 0.1) is 0 Å². The van der Waals surface area contributed by atoms with E-state index < -0.39 is 0 Å². The molecule has 4 aliphatic heterocycles. The molecule has 0 spiro atoms. The highest BCUT2D eigenvalue weighted by Gasteiger charge is 2.37. The molecule has 1 saturated heterocycles. The summed E-state index contributed by atoms with van der Waals surface area (Å²) in [6.07, 6.45) is 6.16. The van der Waals surface area contributed by atoms with Crippen molar-refractivity contribution >= 4 is 17.5 Å². The molecule has 0 aliphatic carbocycles. The summed E-state index contributed by atoms with van der Waals surface area (Å²) >= 11 is 0. The van der Waals surface area contributed by atoms with Crippen LogP contribution in [0.3, 0.4) is 0 Å². The molecule has 0 aromatic heterocycles. The van der Waals surface area contributed by atoms with Gasteiger partial charge in [0.2, 0.25) is 6.79 Å². The Morgan fingerprint density at radius 3 is 2.60 bits per heavy atom. The lowest BCUT2D eigenvalue weighted by molar-refractivity contribution is 0.127. The molecule has 1 fully saturated rings. The average molecular weight is 405 g/mol. The molecule has 4 aliphatic rings. The van der Waals surface area contributed by atoms with Gasteiger partial charge in [-0.05, 0) is 37.1 Å². The number of anilines is 2. The lowest BCUT2D eigenvalue weighted by Gasteiger charge is -2.47. The second-order valence-corrected chi connectivity index (χ2v) is 8.02. The summed E-state index contributed by atoms with van der Waals surface area (Å²) in [5.74, 6) is 1.60. The largest absolute Gasteiger partial charge is 0.454 e. The molecule has 1 atom stereocenters. The van der Waals surface area contributed by atoms with E-state index in [9.17, 15) is 4.79 Å². The number of cyclic esters (lactones) is 1. The van der Waals surface area contributed by atoms with E-state index in [0.717, 1.165) is 54.4 Å². The topological polar surface area (TPSA) is 54.5 Å². The number of hydrogen-bond donors (Lipinski definition) is 0. The highest BCUT2D eigenvalue weighted by molar-refractivity contribution is 5.91. The summed E-state index contributed by atoms with van der Waals surface area (Å²) in [6, 6.07) is 14.3. The molecule has 0 saturated carbocycles. The van der Waals surface area contributed by atoms with Gasteiger partial charge in [0, 0.05) is 42.6 Å². The molecule has 0 radical (unpaired) electrons. The zero-order chi connectivity index (χ0) is 20.1. The van der Waals surface area contributed by atoms with Gasteiger partial charge in [-0.2, -0.15) is 0 Å². The van der Waals surface area contributed by atoms with Crippen molar-refractivity contribution in [2.24, 2.45) is 0 Å². The first-order valence-corrected chi connectivity index (χ1v) is 10.4. The molecule has 2 aromatic rings. The van der Waals surface area contributed by atoms with Crippen molar-refractivity contribution < 1.29 is 19.0 Å². The van der Waals surface area contributed by atoms with Gasteiger partial charge in [0.25, 0.3) is 0 Å². The number of hydrogen-bond acceptors (Lipinski definition) is 6. The fourth-order valence-electron chi connectivity index (χ4n) is 4.76. The smallest absolute Gasteiger partial charge is 0.414 e. The quantitative estimate of drug-likeness (QED) is 0.776. The van der Waals surface area contributed by atoms with Crippen molar-refractivity contribution in [2.75, 3.05) is 29.7 Å². The highest BCUT2D eigenvalue weighted by Crippen LogP contribution is 2.39. The van der Waals surface area contributed by atoms with Crippen molar-refractivity contribution in [3.63, 3.8) is 0 Å². The fourth-order valence-corrected chi connectivity index (χ4v) is 4.76. The van der Waals surface area contributed by atoms with Crippen molar-refractivity contribution in [3.8, 4) is 11.5 Å². The van der Waals surface area contributed by atoms with Gasteiger partial charge in [0.05, 0.1) is 5.69 Å². The minimum atomic E-state index is -0.224. The average Bonchev–Trinajstić information content (AvgIpc) is 3.22. The predicted octanol–water partition coefficient (Wildman–Crippen LogP) is 3.70. The first-order chi connectivity index (χ1) is 14.8. The van der Waals surface area contributed by atoms with Gasteiger partial charge in [-0.25, -0.2) is 4.79 Å². The molecular weight excluding hydrogens is 382 g/mol. The number of fused-ring (bicyclic) bond motifs is 2. The second kappa shape index (κ2) is 6.95. The molecular formula is C23H23N3O4. The van der Waals surface area contributed by atoms with Gasteiger partial charge in [0.1, 0.15) is 12.8 Å². The zero-order valence-corrected chi connectivity index (χ0v) is 16.6. The molecule has 1 unspecified atom stereocenters. The minimum absolute atomic E-state index is 0.165. The molecule has 2 aromatic carbocycles. The van der Waals surface area contributed by atoms with Gasteiger partial charge in [0.15, 0.2) is 11.5 Å². The summed E-state index contributed by atoms with van der Waals surface area (Å²) in [5, 5.41) is 0. The maximum absolute atomic E-state index is 12.5. The van der Waals surface area contributed by atoms with Gasteiger partial charge in [-0.1, -0.05) is 18.2 Å². The molecule has 0 N–H and O–H groups in total. The summed E-state index contributed by atoms with van der Waals surface area (Å²) in [7, 11) is 0. The lowest BCUT2D eigenvalue weighted by atomic mass is 9.99. The number of amides is 1. The van der Waals surface area contributed by atoms with Gasteiger partial charge >= 0.3 is 6.09 Å². The van der Waals surface area contributed by atoms with E-state index in [1.807, 2.05) is 41.3 Å². The number of ether oxygens (including phenoxy) is 3. The summed E-state index contributed by atoms with van der Waals surface area (Å²) in [4.78, 5) is 19.1. The van der Waals surface area contributed by atoms with Crippen LogP contribution in [0.5, 0.6) is 11.5 Å². The van der Waals surface area contributed by atoms with Crippen LogP contribution in [0.15, 0.2) is 54.7 Å². The van der Waals surface area contributed by atoms with Crippen LogP contribution < -0.4 is 19.3 Å². The normalized spacial score (nSPS) is 23.2. The summed E-state index contributed by atoms with van der Waals surface area (Å²) < 4.78 is 16.4. The number of rotatable bonds is 3. The number of carbonyl (C=O) groups is 1. The lowest BCUT2D eigenvalue weighted by Crippen LogP contribution is -2.56. The van der Waals surface area contributed by atoms with Gasteiger partial charge in [-0.15, -0.1) is 0 Å². The second-order valence-electron chi connectivity index (χ2n) is 8.02. The first-order valence-electron chi connectivity index (χ1n) is 10.4. The molecule has 4 heterocycles. The Kier molecular flexibility index (Phi) is 4.09. The van der Waals surface area contributed by atoms with E-state index in [-0.39, 0.29) is 25.1 Å². The van der Waals surface area contributed by atoms with E-state index in [2.05, 4.69) is 28.1 Å². The van der Waals surface area contributed by atoms with Crippen molar-refractivity contribution in [1.29, 1.82) is 0 Å². The molecule has 7 nitrogen and oxygen atoms in total. The van der Waals surface area contributed by atoms with Crippen molar-refractivity contribution in [2.45, 2.75) is 31.7 Å². The number of nitrogens with zero attached hydrogens (tertiary/aromatic N) is 3. The van der Waals surface area contributed by atoms with Crippen LogP contribution in [0.1, 0.15) is 18.4 Å². The van der Waals surface area contributed by atoms with E-state index in [1.54, 1.807) is 0 Å². The number of para-hydroxylation sites is 1. The Morgan fingerprint density at radius 1 is 0.933 bits per heavy atom. The molecule has 1 amide bonds. The van der Waals surface area contributed by atoms with Gasteiger partial charge in [-0.3, -0.25) is 9.80 Å². The number of likely N-dealkylation sites (tertiary alicyclic amines) is 1. The van der Waals surface area contributed by atoms with Gasteiger partial charge < -0.3 is 19.1 Å². The van der Waals surface area contributed by atoms with E-state index in [4.69, 9.17) is 14.2 Å². The molecule has 0 bridgehead atoms. The number of benzene rings is 2. The number of piperidine rings is 1. The van der Waals surface area contributed by atoms with Crippen LogP contribution in [0.4, 0.5) is 16.2 Å². The third-order valence-electron chi connectivity index (χ3n) is 6.40. The summed E-state index contributed by atoms with van der Waals surface area (Å²) in [5.41, 5.74) is 3.18. The Balaban J connectivity index is 1.14. The maximum Gasteiger partial charge on any atom is 0.414 e. The molecule has 154 valence electrons. The predicted molar refractivity (Wildman–Crippen MR) is 112 cm³/mol. The molecule has 30 heavy (non-hydrogen) atoms. The summed E-state index contributed by atoms with van der Waals surface area (Å²) in [6.45, 7) is 2.49. The van der Waals surface area contributed by atoms with Crippen molar-refractivity contribution in [3.05, 3.63) is 60.3 Å². The van der Waals surface area contributed by atoms with E-state index in [1.165, 1.54) is 0 Å². The standard InChI is InChI=1S/C23H23N3O4/c27-23-26(19-4-2-1-3-16(19)14-28-23)17-7-10-24(11-8-17)22-9-12-25(22)18-5-6-20-21(13-18)30-15-29-20/h1-6,9,12-13,17,22H,7-8,10-11,14-15H2. The van der Waals surface area contributed by atoms with Crippen molar-refractivity contribution in [1.82, 2.24) is 4.90 Å². The number of carbonyl (C=O) groups excluding carboxylic acids is 1. The SMILES string of the molecule is O=C1OCc2ccccc2N1C1CCN(C2C=CN2c2ccc3c(c2)OCO3)CC1. The minimum Gasteiger partial charge on any atom is -0.454 e. The van der Waals surface area contributed by atoms with Crippen LogP contribution in [0.2, 0.25) is 0 Å². The Bertz CT molecular complexity index is 1020. The Hall–Kier alpha value is -3.19. The van der Waals surface area contributed by atoms with E-state index in [0.29, 0.717) is 6.61 Å². The highest BCUT2D eigenvalue weighted by atomic mass is 16.7. The van der Waals surface area contributed by atoms with Crippen LogP contribution >= 0.6 is 0 Å². The maximum atomic E-state index is 12.5. The molecule has 7 heteroatoms. The monoisotopic (exact) mass is 405 g/mol. The van der Waals surface area contributed by atoms with Crippen LogP contribution in [0.25, 0.3) is 0 Å². The Labute approximate surface area is 175 Å². The van der Waals surface area contributed by atoms with Crippen LogP contribution in [-0.4, -0.2) is 43.1 Å². The van der Waals surface area contributed by atoms with E-state index >= 15 is 0 Å². The third kappa shape index (κ3) is 2.81. The fraction of sp³-hybridized carbons (Fsp3) is 0.348. The third-order valence-corrected chi connectivity index (χ3v) is 6.40. The van der Waals surface area contributed by atoms with Crippen LogP contribution in [-0.2, 0) is 11.3 Å². The molecule has 6 rings (SSSR count). The Morgan fingerprint density at radius 2 is 1.77 bits per heavy atom.